The number of nitrogens with one attached hydrogen (secondary N) is 1. The predicted molar refractivity (Wildman–Crippen MR) is 116 cm³/mol. The van der Waals surface area contributed by atoms with Gasteiger partial charge in [0.1, 0.15) is 11.9 Å². The Morgan fingerprint density at radius 3 is 2.75 bits per heavy atom. The standard InChI is InChI=1S/C24H24N4/c1-2-3-4-9-14-28-17-19(20-10-5-8-13-23(20)28)15-18(16-25)24-26-21-11-6-7-12-22(21)27-24/h5-8,10-13,15,17H,2-4,9,14H2,1H3,(H,26,27). The van der Waals surface area contributed by atoms with Crippen LogP contribution in [-0.2, 0) is 6.54 Å². The van der Waals surface area contributed by atoms with Crippen molar-refractivity contribution in [3.8, 4) is 6.07 Å². The van der Waals surface area contributed by atoms with Gasteiger partial charge in [0.25, 0.3) is 0 Å². The first-order chi connectivity index (χ1) is 13.8. The first-order valence-corrected chi connectivity index (χ1v) is 9.95. The third kappa shape index (κ3) is 3.57. The summed E-state index contributed by atoms with van der Waals surface area (Å²) in [6.07, 6.45) is 9.04. The Labute approximate surface area is 165 Å². The van der Waals surface area contributed by atoms with Crippen molar-refractivity contribution in [3.63, 3.8) is 0 Å². The Hall–Kier alpha value is -3.32. The van der Waals surface area contributed by atoms with E-state index in [1.54, 1.807) is 0 Å². The normalized spacial score (nSPS) is 11.9. The lowest BCUT2D eigenvalue weighted by Crippen LogP contribution is -1.95. The summed E-state index contributed by atoms with van der Waals surface area (Å²) in [5.41, 5.74) is 4.63. The van der Waals surface area contributed by atoms with Crippen LogP contribution >= 0.6 is 0 Å². The van der Waals surface area contributed by atoms with Crippen LogP contribution in [0, 0.1) is 11.3 Å². The zero-order valence-electron chi connectivity index (χ0n) is 16.2. The molecule has 0 aliphatic heterocycles. The second-order valence-corrected chi connectivity index (χ2v) is 7.13. The van der Waals surface area contributed by atoms with E-state index in [1.807, 2.05) is 36.4 Å². The molecule has 0 atom stereocenters. The molecule has 2 aromatic heterocycles. The number of allylic oxidation sites excluding steroid dienone is 1. The monoisotopic (exact) mass is 368 g/mol. The lowest BCUT2D eigenvalue weighted by atomic mass is 10.1. The summed E-state index contributed by atoms with van der Waals surface area (Å²) >= 11 is 0. The summed E-state index contributed by atoms with van der Waals surface area (Å²) in [6, 6.07) is 18.6. The zero-order valence-corrected chi connectivity index (χ0v) is 16.2. The number of benzene rings is 2. The van der Waals surface area contributed by atoms with Gasteiger partial charge >= 0.3 is 0 Å². The van der Waals surface area contributed by atoms with E-state index in [1.165, 1.54) is 36.6 Å². The number of nitriles is 1. The Kier molecular flexibility index (Phi) is 5.25. The quantitative estimate of drug-likeness (QED) is 0.313. The Morgan fingerprint density at radius 1 is 1.11 bits per heavy atom. The van der Waals surface area contributed by atoms with Crippen LogP contribution in [0.2, 0.25) is 0 Å². The van der Waals surface area contributed by atoms with E-state index in [2.05, 4.69) is 51.9 Å². The first kappa shape index (κ1) is 18.1. The zero-order chi connectivity index (χ0) is 19.3. The molecular weight excluding hydrogens is 344 g/mol. The molecule has 140 valence electrons. The molecule has 4 nitrogen and oxygen atoms in total. The van der Waals surface area contributed by atoms with E-state index in [0.717, 1.165) is 23.1 Å². The topological polar surface area (TPSA) is 57.4 Å². The number of nitrogens with zero attached hydrogens (tertiary/aromatic N) is 3. The van der Waals surface area contributed by atoms with Gasteiger partial charge in [-0.1, -0.05) is 56.5 Å². The van der Waals surface area contributed by atoms with E-state index in [4.69, 9.17) is 0 Å². The van der Waals surface area contributed by atoms with Crippen LogP contribution in [-0.4, -0.2) is 14.5 Å². The first-order valence-electron chi connectivity index (χ1n) is 9.95. The molecule has 0 spiro atoms. The summed E-state index contributed by atoms with van der Waals surface area (Å²) in [5.74, 6) is 0.614. The molecule has 4 rings (SSSR count). The molecule has 0 aliphatic carbocycles. The third-order valence-corrected chi connectivity index (χ3v) is 5.14. The van der Waals surface area contributed by atoms with Crippen LogP contribution in [0.1, 0.15) is 44.0 Å². The number of aromatic amines is 1. The van der Waals surface area contributed by atoms with Crippen molar-refractivity contribution in [1.29, 1.82) is 5.26 Å². The number of rotatable bonds is 7. The van der Waals surface area contributed by atoms with Gasteiger partial charge < -0.3 is 9.55 Å². The lowest BCUT2D eigenvalue weighted by Gasteiger charge is -2.04. The van der Waals surface area contributed by atoms with E-state index in [-0.39, 0.29) is 0 Å². The second kappa shape index (κ2) is 8.14. The highest BCUT2D eigenvalue weighted by atomic mass is 15.0. The van der Waals surface area contributed by atoms with E-state index >= 15 is 0 Å². The van der Waals surface area contributed by atoms with E-state index < -0.39 is 0 Å². The van der Waals surface area contributed by atoms with Crippen molar-refractivity contribution in [2.45, 2.75) is 39.2 Å². The molecule has 1 N–H and O–H groups in total. The van der Waals surface area contributed by atoms with Gasteiger partial charge in [0.05, 0.1) is 16.6 Å². The fourth-order valence-corrected chi connectivity index (χ4v) is 3.67. The van der Waals surface area contributed by atoms with Gasteiger partial charge in [0, 0.05) is 29.2 Å². The maximum Gasteiger partial charge on any atom is 0.149 e. The highest BCUT2D eigenvalue weighted by molar-refractivity contribution is 5.98. The molecule has 0 amide bonds. The van der Waals surface area contributed by atoms with E-state index in [0.29, 0.717) is 11.4 Å². The van der Waals surface area contributed by atoms with Gasteiger partial charge in [-0.3, -0.25) is 0 Å². The molecule has 2 heterocycles. The minimum absolute atomic E-state index is 0.546. The highest BCUT2D eigenvalue weighted by Crippen LogP contribution is 2.26. The number of para-hydroxylation sites is 3. The number of aromatic nitrogens is 3. The molecule has 0 fully saturated rings. The molecule has 0 radical (unpaired) electrons. The Bertz CT molecular complexity index is 1140. The molecule has 0 saturated heterocycles. The van der Waals surface area contributed by atoms with Crippen LogP contribution in [0.15, 0.2) is 54.7 Å². The summed E-state index contributed by atoms with van der Waals surface area (Å²) in [6.45, 7) is 3.23. The van der Waals surface area contributed by atoms with Crippen LogP contribution < -0.4 is 0 Å². The minimum atomic E-state index is 0.546. The Morgan fingerprint density at radius 2 is 1.93 bits per heavy atom. The molecule has 2 aromatic carbocycles. The number of H-pyrrole nitrogens is 1. The van der Waals surface area contributed by atoms with Gasteiger partial charge in [0.2, 0.25) is 0 Å². The average Bonchev–Trinajstić information content (AvgIpc) is 3.31. The second-order valence-electron chi connectivity index (χ2n) is 7.13. The van der Waals surface area contributed by atoms with Crippen molar-refractivity contribution >= 4 is 33.6 Å². The van der Waals surface area contributed by atoms with Crippen LogP contribution in [0.4, 0.5) is 0 Å². The fourth-order valence-electron chi connectivity index (χ4n) is 3.67. The van der Waals surface area contributed by atoms with Crippen molar-refractivity contribution in [2.75, 3.05) is 0 Å². The van der Waals surface area contributed by atoms with E-state index in [9.17, 15) is 5.26 Å². The van der Waals surface area contributed by atoms with Gasteiger partial charge in [-0.25, -0.2) is 4.98 Å². The summed E-state index contributed by atoms with van der Waals surface area (Å²) < 4.78 is 2.31. The number of unbranched alkanes of at least 4 members (excludes halogenated alkanes) is 3. The SMILES string of the molecule is CCCCCCn1cc(C=C(C#N)c2nc3ccccc3[nH]2)c2ccccc21. The van der Waals surface area contributed by atoms with Gasteiger partial charge in [-0.2, -0.15) is 5.26 Å². The number of hydrogen-bond donors (Lipinski definition) is 1. The third-order valence-electron chi connectivity index (χ3n) is 5.14. The van der Waals surface area contributed by atoms with Crippen molar-refractivity contribution in [3.05, 3.63) is 66.1 Å². The van der Waals surface area contributed by atoms with Gasteiger partial charge in [-0.05, 0) is 30.7 Å². The number of hydrogen-bond acceptors (Lipinski definition) is 2. The maximum absolute atomic E-state index is 9.76. The molecule has 28 heavy (non-hydrogen) atoms. The minimum Gasteiger partial charge on any atom is -0.347 e. The smallest absolute Gasteiger partial charge is 0.149 e. The fraction of sp³-hybridized carbons (Fsp3) is 0.250. The number of aryl methyl sites for hydroxylation is 1. The molecular formula is C24H24N4. The molecule has 0 aliphatic rings. The maximum atomic E-state index is 9.76. The largest absolute Gasteiger partial charge is 0.347 e. The van der Waals surface area contributed by atoms with Crippen molar-refractivity contribution in [1.82, 2.24) is 14.5 Å². The number of imidazole rings is 1. The summed E-state index contributed by atoms with van der Waals surface area (Å²) in [4.78, 5) is 7.85. The van der Waals surface area contributed by atoms with Crippen LogP contribution in [0.5, 0.6) is 0 Å². The lowest BCUT2D eigenvalue weighted by molar-refractivity contribution is 0.593. The predicted octanol–water partition coefficient (Wildman–Crippen LogP) is 6.16. The molecule has 0 unspecified atom stereocenters. The van der Waals surface area contributed by atoms with Gasteiger partial charge in [-0.15, -0.1) is 0 Å². The average molecular weight is 368 g/mol. The highest BCUT2D eigenvalue weighted by Gasteiger charge is 2.11. The number of fused-ring (bicyclic) bond motifs is 2. The molecule has 0 bridgehead atoms. The molecule has 4 heteroatoms. The van der Waals surface area contributed by atoms with Crippen molar-refractivity contribution in [2.24, 2.45) is 0 Å². The van der Waals surface area contributed by atoms with Crippen LogP contribution in [0.25, 0.3) is 33.6 Å². The Balaban J connectivity index is 1.71. The molecule has 4 aromatic rings. The van der Waals surface area contributed by atoms with Gasteiger partial charge in [0.15, 0.2) is 0 Å². The van der Waals surface area contributed by atoms with Crippen molar-refractivity contribution < 1.29 is 0 Å². The molecule has 0 saturated carbocycles. The van der Waals surface area contributed by atoms with Crippen LogP contribution in [0.3, 0.4) is 0 Å². The summed E-state index contributed by atoms with van der Waals surface area (Å²) in [5, 5.41) is 10.9. The summed E-state index contributed by atoms with van der Waals surface area (Å²) in [7, 11) is 0.